The van der Waals surface area contributed by atoms with Crippen molar-refractivity contribution in [2.75, 3.05) is 6.54 Å². The zero-order chi connectivity index (χ0) is 5.98. The summed E-state index contributed by atoms with van der Waals surface area (Å²) in [6, 6.07) is 0.735. The third kappa shape index (κ3) is 1.46. The summed E-state index contributed by atoms with van der Waals surface area (Å²) >= 11 is 0. The molecule has 0 bridgehead atoms. The fourth-order valence-corrected chi connectivity index (χ4v) is 1.08. The van der Waals surface area contributed by atoms with E-state index >= 15 is 0 Å². The van der Waals surface area contributed by atoms with E-state index in [0.29, 0.717) is 0 Å². The molecule has 2 heteroatoms. The molecule has 3 N–H and O–H groups in total. The molecule has 0 unspecified atom stereocenters. The third-order valence-electron chi connectivity index (χ3n) is 1.77. The first-order chi connectivity index (χ1) is 3.79. The molecular formula is C6H14NO+. The number of aliphatic hydroxyl groups excluding tert-OH is 1. The van der Waals surface area contributed by atoms with Crippen molar-refractivity contribution < 1.29 is 10.4 Å². The van der Waals surface area contributed by atoms with Gasteiger partial charge in [0.1, 0.15) is 12.6 Å². The van der Waals surface area contributed by atoms with Gasteiger partial charge in [0.15, 0.2) is 0 Å². The number of hydrogen-bond donors (Lipinski definition) is 2. The maximum Gasteiger partial charge on any atom is 0.103 e. The molecule has 0 aromatic carbocycles. The predicted molar refractivity (Wildman–Crippen MR) is 31.5 cm³/mol. The maximum atomic E-state index is 9.00. The van der Waals surface area contributed by atoms with Crippen molar-refractivity contribution in [3.8, 4) is 0 Å². The summed E-state index contributed by atoms with van der Waals surface area (Å²) < 4.78 is 0. The minimum atomic E-state index is -0.0359. The Balaban J connectivity index is 2.19. The summed E-state index contributed by atoms with van der Waals surface area (Å²) in [5.41, 5.74) is 0. The summed E-state index contributed by atoms with van der Waals surface area (Å²) in [6.07, 6.45) is 2.13. The van der Waals surface area contributed by atoms with Gasteiger partial charge in [-0.25, -0.2) is 0 Å². The van der Waals surface area contributed by atoms with Crippen molar-refractivity contribution in [2.45, 2.75) is 31.9 Å². The number of quaternary nitrogens is 1. The monoisotopic (exact) mass is 116 g/mol. The van der Waals surface area contributed by atoms with Gasteiger partial charge in [-0.2, -0.15) is 0 Å². The van der Waals surface area contributed by atoms with Crippen molar-refractivity contribution >= 4 is 0 Å². The number of rotatable bonds is 0. The minimum absolute atomic E-state index is 0.0359. The van der Waals surface area contributed by atoms with E-state index in [0.717, 1.165) is 19.0 Å². The Morgan fingerprint density at radius 3 is 2.62 bits per heavy atom. The van der Waals surface area contributed by atoms with Crippen LogP contribution in [0.3, 0.4) is 0 Å². The highest BCUT2D eigenvalue weighted by Crippen LogP contribution is 2.00. The Morgan fingerprint density at radius 1 is 1.50 bits per heavy atom. The standard InChI is InChI=1S/C6H13NO/c1-5-2-3-6(8)4-7-5/h5-8H,2-4H2,1H3/p+1/t5-,6+/m0/s1. The average molecular weight is 116 g/mol. The lowest BCUT2D eigenvalue weighted by atomic mass is 10.0. The van der Waals surface area contributed by atoms with Crippen LogP contribution in [0.25, 0.3) is 0 Å². The second-order valence-electron chi connectivity index (χ2n) is 2.68. The van der Waals surface area contributed by atoms with E-state index in [-0.39, 0.29) is 6.10 Å². The molecule has 0 saturated carbocycles. The highest BCUT2D eigenvalue weighted by atomic mass is 16.3. The van der Waals surface area contributed by atoms with Crippen molar-refractivity contribution in [1.29, 1.82) is 0 Å². The molecule has 8 heavy (non-hydrogen) atoms. The summed E-state index contributed by atoms with van der Waals surface area (Å²) in [6.45, 7) is 3.10. The molecule has 1 heterocycles. The SMILES string of the molecule is C[C@H]1CC[C@@H](O)C[NH2+]1. The van der Waals surface area contributed by atoms with Crippen LogP contribution in [0.4, 0.5) is 0 Å². The molecule has 1 aliphatic heterocycles. The normalized spacial score (nSPS) is 39.8. The minimum Gasteiger partial charge on any atom is -0.387 e. The van der Waals surface area contributed by atoms with Gasteiger partial charge in [-0.3, -0.25) is 0 Å². The van der Waals surface area contributed by atoms with Crippen LogP contribution in [0.5, 0.6) is 0 Å². The van der Waals surface area contributed by atoms with Gasteiger partial charge in [-0.15, -0.1) is 0 Å². The van der Waals surface area contributed by atoms with E-state index in [2.05, 4.69) is 12.2 Å². The first-order valence-corrected chi connectivity index (χ1v) is 3.30. The van der Waals surface area contributed by atoms with E-state index in [1.807, 2.05) is 0 Å². The zero-order valence-corrected chi connectivity index (χ0v) is 5.30. The quantitative estimate of drug-likeness (QED) is 0.422. The first-order valence-electron chi connectivity index (χ1n) is 3.30. The molecule has 2 nitrogen and oxygen atoms in total. The Labute approximate surface area is 49.9 Å². The van der Waals surface area contributed by atoms with Crippen LogP contribution in [-0.4, -0.2) is 23.8 Å². The number of aliphatic hydroxyl groups is 1. The number of nitrogens with two attached hydrogens (primary N) is 1. The number of hydrogen-bond acceptors (Lipinski definition) is 1. The van der Waals surface area contributed by atoms with E-state index in [4.69, 9.17) is 5.11 Å². The first kappa shape index (κ1) is 6.05. The average Bonchev–Trinajstić information content (AvgIpc) is 1.77. The smallest absolute Gasteiger partial charge is 0.103 e. The molecule has 1 rings (SSSR count). The Kier molecular flexibility index (Phi) is 1.86. The van der Waals surface area contributed by atoms with Crippen molar-refractivity contribution in [3.63, 3.8) is 0 Å². The number of piperidine rings is 1. The predicted octanol–water partition coefficient (Wildman–Crippen LogP) is -0.907. The van der Waals surface area contributed by atoms with E-state index in [1.54, 1.807) is 0 Å². The lowest BCUT2D eigenvalue weighted by Gasteiger charge is -2.20. The van der Waals surface area contributed by atoms with Gasteiger partial charge in [-0.05, 0) is 13.3 Å². The molecule has 0 radical (unpaired) electrons. The van der Waals surface area contributed by atoms with Crippen LogP contribution in [0.15, 0.2) is 0 Å². The molecular weight excluding hydrogens is 102 g/mol. The van der Waals surface area contributed by atoms with E-state index < -0.39 is 0 Å². The largest absolute Gasteiger partial charge is 0.387 e. The summed E-state index contributed by atoms with van der Waals surface area (Å²) in [4.78, 5) is 0. The van der Waals surface area contributed by atoms with E-state index in [1.165, 1.54) is 6.42 Å². The van der Waals surface area contributed by atoms with Crippen molar-refractivity contribution in [1.82, 2.24) is 0 Å². The lowest BCUT2D eigenvalue weighted by molar-refractivity contribution is -0.700. The maximum absolute atomic E-state index is 9.00. The summed E-state index contributed by atoms with van der Waals surface area (Å²) in [5.74, 6) is 0. The molecule has 2 atom stereocenters. The fourth-order valence-electron chi connectivity index (χ4n) is 1.08. The lowest BCUT2D eigenvalue weighted by Crippen LogP contribution is -2.92. The van der Waals surface area contributed by atoms with Crippen molar-refractivity contribution in [3.05, 3.63) is 0 Å². The highest BCUT2D eigenvalue weighted by Gasteiger charge is 2.17. The molecule has 0 aromatic rings. The molecule has 0 spiro atoms. The van der Waals surface area contributed by atoms with Gasteiger partial charge in [0.2, 0.25) is 0 Å². The van der Waals surface area contributed by atoms with Crippen LogP contribution in [-0.2, 0) is 0 Å². The van der Waals surface area contributed by atoms with Crippen LogP contribution in [0, 0.1) is 0 Å². The van der Waals surface area contributed by atoms with Crippen molar-refractivity contribution in [2.24, 2.45) is 0 Å². The topological polar surface area (TPSA) is 36.8 Å². The zero-order valence-electron chi connectivity index (χ0n) is 5.30. The van der Waals surface area contributed by atoms with E-state index in [9.17, 15) is 0 Å². The Bertz CT molecular complexity index is 56.9. The molecule has 1 aliphatic rings. The van der Waals surface area contributed by atoms with Gasteiger partial charge in [0.25, 0.3) is 0 Å². The fraction of sp³-hybridized carbons (Fsp3) is 1.00. The molecule has 0 aliphatic carbocycles. The second-order valence-corrected chi connectivity index (χ2v) is 2.68. The molecule has 1 saturated heterocycles. The Morgan fingerprint density at radius 2 is 2.25 bits per heavy atom. The molecule has 0 aromatic heterocycles. The highest BCUT2D eigenvalue weighted by molar-refractivity contribution is 4.60. The van der Waals surface area contributed by atoms with Crippen LogP contribution >= 0.6 is 0 Å². The van der Waals surface area contributed by atoms with Gasteiger partial charge < -0.3 is 10.4 Å². The summed E-state index contributed by atoms with van der Waals surface area (Å²) in [7, 11) is 0. The molecule has 1 fully saturated rings. The van der Waals surface area contributed by atoms with Gasteiger partial charge in [-0.1, -0.05) is 0 Å². The van der Waals surface area contributed by atoms with Gasteiger partial charge in [0.05, 0.1) is 6.04 Å². The van der Waals surface area contributed by atoms with Crippen LogP contribution in [0.1, 0.15) is 19.8 Å². The second kappa shape index (κ2) is 2.46. The summed E-state index contributed by atoms with van der Waals surface area (Å²) in [5, 5.41) is 11.2. The third-order valence-corrected chi connectivity index (χ3v) is 1.77. The molecule has 48 valence electrons. The molecule has 0 amide bonds. The Hall–Kier alpha value is -0.0800. The van der Waals surface area contributed by atoms with Gasteiger partial charge >= 0.3 is 0 Å². The van der Waals surface area contributed by atoms with Crippen LogP contribution < -0.4 is 5.32 Å². The van der Waals surface area contributed by atoms with Crippen LogP contribution in [0.2, 0.25) is 0 Å². The van der Waals surface area contributed by atoms with Gasteiger partial charge in [0, 0.05) is 6.42 Å².